The lowest BCUT2D eigenvalue weighted by molar-refractivity contribution is 0.432. The molecule has 0 aromatic heterocycles. The molecule has 0 saturated heterocycles. The van der Waals surface area contributed by atoms with Crippen LogP contribution in [-0.4, -0.2) is 14.1 Å². The minimum atomic E-state index is 0.0357. The number of hydrogen-bond acceptors (Lipinski definition) is 2. The summed E-state index contributed by atoms with van der Waals surface area (Å²) in [5, 5.41) is 8.16. The van der Waals surface area contributed by atoms with Crippen molar-refractivity contribution in [2.24, 2.45) is 0 Å². The molecule has 2 nitrogen and oxygen atoms in total. The van der Waals surface area contributed by atoms with Crippen LogP contribution in [0, 0.1) is 0 Å². The first-order valence-corrected chi connectivity index (χ1v) is 7.28. The second-order valence-corrected chi connectivity index (χ2v) is 5.39. The second kappa shape index (κ2) is 7.09. The normalized spacial score (nSPS) is 14.0. The quantitative estimate of drug-likeness (QED) is 0.864. The van der Waals surface area contributed by atoms with E-state index in [1.165, 1.54) is 0 Å². The molecule has 2 rings (SSSR count). The summed E-state index contributed by atoms with van der Waals surface area (Å²) in [6.07, 6.45) is 0. The molecule has 0 saturated carbocycles. The first-order chi connectivity index (χ1) is 9.69. The number of hydrogen-bond donors (Lipinski definition) is 2. The Morgan fingerprint density at radius 2 is 1.05 bits per heavy atom. The smallest absolute Gasteiger partial charge is 0.0531 e. The van der Waals surface area contributed by atoms with Crippen LogP contribution in [-0.2, 0) is 0 Å². The maximum atomic E-state index is 6.33. The Morgan fingerprint density at radius 3 is 1.35 bits per heavy atom. The van der Waals surface area contributed by atoms with Gasteiger partial charge in [0.1, 0.15) is 0 Å². The van der Waals surface area contributed by atoms with Gasteiger partial charge in [0, 0.05) is 10.0 Å². The molecule has 0 amide bonds. The van der Waals surface area contributed by atoms with Crippen molar-refractivity contribution in [1.82, 2.24) is 10.6 Å². The zero-order valence-electron chi connectivity index (χ0n) is 11.5. The topological polar surface area (TPSA) is 24.1 Å². The van der Waals surface area contributed by atoms with Gasteiger partial charge in [0.15, 0.2) is 0 Å². The lowest BCUT2D eigenvalue weighted by Crippen LogP contribution is -2.32. The van der Waals surface area contributed by atoms with Crippen molar-refractivity contribution < 1.29 is 0 Å². The molecule has 0 bridgehead atoms. The summed E-state index contributed by atoms with van der Waals surface area (Å²) in [5.41, 5.74) is 2.10. The lowest BCUT2D eigenvalue weighted by atomic mass is 9.93. The molecule has 4 heteroatoms. The van der Waals surface area contributed by atoms with Gasteiger partial charge in [-0.25, -0.2) is 0 Å². The summed E-state index contributed by atoms with van der Waals surface area (Å²) in [7, 11) is 3.85. The average Bonchev–Trinajstić information content (AvgIpc) is 2.47. The van der Waals surface area contributed by atoms with Gasteiger partial charge in [-0.3, -0.25) is 0 Å². The summed E-state index contributed by atoms with van der Waals surface area (Å²) >= 11 is 12.7. The number of nitrogens with one attached hydrogen (secondary N) is 2. The van der Waals surface area contributed by atoms with Crippen molar-refractivity contribution in [2.75, 3.05) is 14.1 Å². The van der Waals surface area contributed by atoms with Crippen LogP contribution >= 0.6 is 23.2 Å². The van der Waals surface area contributed by atoms with E-state index in [-0.39, 0.29) is 12.1 Å². The summed E-state index contributed by atoms with van der Waals surface area (Å²) in [6.45, 7) is 0. The van der Waals surface area contributed by atoms with Crippen molar-refractivity contribution in [1.29, 1.82) is 0 Å². The Hall–Kier alpha value is -1.06. The van der Waals surface area contributed by atoms with Crippen molar-refractivity contribution in [3.63, 3.8) is 0 Å². The van der Waals surface area contributed by atoms with Gasteiger partial charge in [0.25, 0.3) is 0 Å². The van der Waals surface area contributed by atoms with E-state index in [0.29, 0.717) is 0 Å². The molecular formula is C16H18Cl2N2. The lowest BCUT2D eigenvalue weighted by Gasteiger charge is -2.28. The summed E-state index contributed by atoms with van der Waals surface area (Å²) in [5.74, 6) is 0. The van der Waals surface area contributed by atoms with E-state index in [1.54, 1.807) is 0 Å². The van der Waals surface area contributed by atoms with Crippen LogP contribution in [0.5, 0.6) is 0 Å². The Bertz CT molecular complexity index is 520. The van der Waals surface area contributed by atoms with E-state index in [2.05, 4.69) is 10.6 Å². The summed E-state index contributed by atoms with van der Waals surface area (Å²) in [4.78, 5) is 0. The molecule has 0 spiro atoms. The molecule has 0 radical (unpaired) electrons. The highest BCUT2D eigenvalue weighted by atomic mass is 35.5. The van der Waals surface area contributed by atoms with Gasteiger partial charge in [-0.2, -0.15) is 0 Å². The number of likely N-dealkylation sites (N-methyl/N-ethyl adjacent to an activating group) is 2. The van der Waals surface area contributed by atoms with Crippen LogP contribution in [0.2, 0.25) is 10.0 Å². The zero-order valence-corrected chi connectivity index (χ0v) is 13.0. The van der Waals surface area contributed by atoms with Crippen LogP contribution in [0.25, 0.3) is 0 Å². The van der Waals surface area contributed by atoms with Crippen LogP contribution < -0.4 is 10.6 Å². The van der Waals surface area contributed by atoms with Gasteiger partial charge >= 0.3 is 0 Å². The zero-order chi connectivity index (χ0) is 14.5. The standard InChI is InChI=1S/C16H18Cl2N2/c1-19-15(11-7-3-5-9-13(11)17)16(20-2)12-8-4-6-10-14(12)18/h3-10,15-16,19-20H,1-2H3. The SMILES string of the molecule is CNC(c1ccccc1Cl)C(NC)c1ccccc1Cl. The minimum Gasteiger partial charge on any atom is -0.311 e. The van der Waals surface area contributed by atoms with E-state index in [9.17, 15) is 0 Å². The van der Waals surface area contributed by atoms with Crippen LogP contribution in [0.1, 0.15) is 23.2 Å². The third kappa shape index (κ3) is 3.15. The first kappa shape index (κ1) is 15.3. The molecule has 2 unspecified atom stereocenters. The number of benzene rings is 2. The summed E-state index contributed by atoms with van der Waals surface area (Å²) in [6, 6.07) is 15.8. The fourth-order valence-corrected chi connectivity index (χ4v) is 2.96. The first-order valence-electron chi connectivity index (χ1n) is 6.52. The molecule has 2 aromatic rings. The van der Waals surface area contributed by atoms with Crippen molar-refractivity contribution in [3.05, 3.63) is 69.7 Å². The van der Waals surface area contributed by atoms with Gasteiger partial charge in [0.05, 0.1) is 12.1 Å². The van der Waals surface area contributed by atoms with E-state index in [0.717, 1.165) is 21.2 Å². The number of rotatable bonds is 5. The van der Waals surface area contributed by atoms with Gasteiger partial charge in [-0.15, -0.1) is 0 Å². The minimum absolute atomic E-state index is 0.0357. The fourth-order valence-electron chi connectivity index (χ4n) is 2.46. The highest BCUT2D eigenvalue weighted by Crippen LogP contribution is 2.35. The van der Waals surface area contributed by atoms with Crippen LogP contribution in [0.4, 0.5) is 0 Å². The Labute approximate surface area is 130 Å². The van der Waals surface area contributed by atoms with Crippen LogP contribution in [0.3, 0.4) is 0 Å². The van der Waals surface area contributed by atoms with Gasteiger partial charge in [-0.05, 0) is 37.4 Å². The van der Waals surface area contributed by atoms with Crippen molar-refractivity contribution >= 4 is 23.2 Å². The van der Waals surface area contributed by atoms with E-state index >= 15 is 0 Å². The van der Waals surface area contributed by atoms with E-state index in [4.69, 9.17) is 23.2 Å². The molecule has 2 atom stereocenters. The molecule has 0 fully saturated rings. The van der Waals surface area contributed by atoms with Crippen LogP contribution in [0.15, 0.2) is 48.5 Å². The fraction of sp³-hybridized carbons (Fsp3) is 0.250. The van der Waals surface area contributed by atoms with Gasteiger partial charge in [-0.1, -0.05) is 59.6 Å². The van der Waals surface area contributed by atoms with Gasteiger partial charge < -0.3 is 10.6 Å². The van der Waals surface area contributed by atoms with Crippen molar-refractivity contribution in [3.8, 4) is 0 Å². The monoisotopic (exact) mass is 308 g/mol. The van der Waals surface area contributed by atoms with Crippen molar-refractivity contribution in [2.45, 2.75) is 12.1 Å². The van der Waals surface area contributed by atoms with E-state index < -0.39 is 0 Å². The molecule has 106 valence electrons. The second-order valence-electron chi connectivity index (χ2n) is 4.58. The van der Waals surface area contributed by atoms with E-state index in [1.807, 2.05) is 62.6 Å². The molecule has 2 N–H and O–H groups in total. The third-order valence-electron chi connectivity index (χ3n) is 3.44. The molecule has 0 heterocycles. The molecule has 20 heavy (non-hydrogen) atoms. The largest absolute Gasteiger partial charge is 0.311 e. The Kier molecular flexibility index (Phi) is 5.44. The molecule has 0 aliphatic carbocycles. The molecule has 0 aliphatic heterocycles. The maximum absolute atomic E-state index is 6.33. The maximum Gasteiger partial charge on any atom is 0.0531 e. The third-order valence-corrected chi connectivity index (χ3v) is 4.12. The Balaban J connectivity index is 2.44. The predicted molar refractivity (Wildman–Crippen MR) is 86.5 cm³/mol. The number of halogens is 2. The highest BCUT2D eigenvalue weighted by Gasteiger charge is 2.25. The average molecular weight is 309 g/mol. The summed E-state index contributed by atoms with van der Waals surface area (Å²) < 4.78 is 0. The molecule has 2 aromatic carbocycles. The highest BCUT2D eigenvalue weighted by molar-refractivity contribution is 6.31. The molecule has 0 aliphatic rings. The Morgan fingerprint density at radius 1 is 0.700 bits per heavy atom. The van der Waals surface area contributed by atoms with Gasteiger partial charge in [0.2, 0.25) is 0 Å². The molecular weight excluding hydrogens is 291 g/mol. The predicted octanol–water partition coefficient (Wildman–Crippen LogP) is 4.21.